The molecule has 0 atom stereocenters. The highest BCUT2D eigenvalue weighted by molar-refractivity contribution is 5.94. The van der Waals surface area contributed by atoms with Gasteiger partial charge in [0.05, 0.1) is 7.11 Å². The lowest BCUT2D eigenvalue weighted by atomic mass is 10.1. The van der Waals surface area contributed by atoms with Crippen LogP contribution in [0.4, 0.5) is 8.78 Å². The van der Waals surface area contributed by atoms with E-state index < -0.39 is 6.61 Å². The molecule has 0 aliphatic carbocycles. The summed E-state index contributed by atoms with van der Waals surface area (Å²) in [5, 5.41) is 8.90. The molecule has 2 aromatic carbocycles. The van der Waals surface area contributed by atoms with E-state index in [1.165, 1.54) is 13.2 Å². The van der Waals surface area contributed by atoms with Crippen LogP contribution in [0.1, 0.15) is 21.5 Å². The molecule has 162 valence electrons. The Balaban J connectivity index is 1.84. The van der Waals surface area contributed by atoms with Crippen molar-refractivity contribution in [1.29, 1.82) is 0 Å². The van der Waals surface area contributed by atoms with E-state index in [1.54, 1.807) is 25.2 Å². The zero-order valence-corrected chi connectivity index (χ0v) is 17.2. The number of hydrogen-bond acceptors (Lipinski definition) is 4. The fourth-order valence-electron chi connectivity index (χ4n) is 2.68. The van der Waals surface area contributed by atoms with E-state index in [1.807, 2.05) is 25.1 Å². The molecule has 0 saturated carbocycles. The van der Waals surface area contributed by atoms with E-state index in [9.17, 15) is 13.6 Å². The number of guanidine groups is 1. The van der Waals surface area contributed by atoms with Crippen LogP contribution in [0.15, 0.2) is 47.5 Å². The van der Waals surface area contributed by atoms with Gasteiger partial charge in [0.25, 0.3) is 5.91 Å². The number of aliphatic imine (C=N–C) groups is 1. The normalized spacial score (nSPS) is 11.2. The molecule has 30 heavy (non-hydrogen) atoms. The molecule has 3 N–H and O–H groups in total. The number of nitrogens with one attached hydrogen (secondary N) is 3. The summed E-state index contributed by atoms with van der Waals surface area (Å²) in [6, 6.07) is 11.9. The zero-order chi connectivity index (χ0) is 21.9. The topological polar surface area (TPSA) is 84.0 Å². The molecule has 0 spiro atoms. The van der Waals surface area contributed by atoms with Crippen molar-refractivity contribution in [3.8, 4) is 11.5 Å². The molecule has 9 heteroatoms. The maximum atomic E-state index is 12.6. The lowest BCUT2D eigenvalue weighted by Crippen LogP contribution is -2.41. The first-order chi connectivity index (χ1) is 14.4. The number of nitrogens with zero attached hydrogens (tertiary/aromatic N) is 1. The number of benzene rings is 2. The van der Waals surface area contributed by atoms with Gasteiger partial charge >= 0.3 is 6.61 Å². The van der Waals surface area contributed by atoms with Crippen molar-refractivity contribution in [2.45, 2.75) is 20.1 Å². The maximum absolute atomic E-state index is 12.6. The predicted molar refractivity (Wildman–Crippen MR) is 111 cm³/mol. The van der Waals surface area contributed by atoms with Gasteiger partial charge in [0.15, 0.2) is 5.96 Å². The quantitative estimate of drug-likeness (QED) is 0.330. The first-order valence-electron chi connectivity index (χ1n) is 9.34. The Morgan fingerprint density at radius 3 is 2.53 bits per heavy atom. The van der Waals surface area contributed by atoms with Gasteiger partial charge in [0.2, 0.25) is 0 Å². The molecule has 2 aromatic rings. The van der Waals surface area contributed by atoms with Crippen molar-refractivity contribution < 1.29 is 23.0 Å². The molecule has 1 amide bonds. The van der Waals surface area contributed by atoms with E-state index in [0.29, 0.717) is 35.9 Å². The van der Waals surface area contributed by atoms with Gasteiger partial charge in [-0.1, -0.05) is 17.7 Å². The molecule has 0 unspecified atom stereocenters. The van der Waals surface area contributed by atoms with Crippen LogP contribution >= 0.6 is 0 Å². The fourth-order valence-corrected chi connectivity index (χ4v) is 2.68. The van der Waals surface area contributed by atoms with Crippen LogP contribution in [0.5, 0.6) is 11.5 Å². The summed E-state index contributed by atoms with van der Waals surface area (Å²) in [5.74, 6) is 0.869. The van der Waals surface area contributed by atoms with E-state index in [2.05, 4.69) is 25.7 Å². The summed E-state index contributed by atoms with van der Waals surface area (Å²) in [6.07, 6.45) is 0. The number of aryl methyl sites for hydroxylation is 1. The van der Waals surface area contributed by atoms with Crippen molar-refractivity contribution >= 4 is 11.9 Å². The first-order valence-corrected chi connectivity index (χ1v) is 9.34. The molecule has 0 bridgehead atoms. The van der Waals surface area contributed by atoms with Gasteiger partial charge in [-0.25, -0.2) is 0 Å². The van der Waals surface area contributed by atoms with Crippen LogP contribution in [0, 0.1) is 6.92 Å². The summed E-state index contributed by atoms with van der Waals surface area (Å²) < 4.78 is 34.9. The van der Waals surface area contributed by atoms with Crippen LogP contribution < -0.4 is 25.4 Å². The smallest absolute Gasteiger partial charge is 0.387 e. The van der Waals surface area contributed by atoms with Crippen molar-refractivity contribution in [1.82, 2.24) is 16.0 Å². The minimum atomic E-state index is -2.92. The van der Waals surface area contributed by atoms with E-state index in [0.717, 1.165) is 5.56 Å². The summed E-state index contributed by atoms with van der Waals surface area (Å²) in [7, 11) is 3.08. The van der Waals surface area contributed by atoms with E-state index >= 15 is 0 Å². The van der Waals surface area contributed by atoms with Crippen LogP contribution in [0.2, 0.25) is 0 Å². The summed E-state index contributed by atoms with van der Waals surface area (Å²) in [5.41, 5.74) is 2.10. The Labute approximate surface area is 174 Å². The number of amides is 1. The standard InChI is InChI=1S/C21H26F2N4O3/c1-14-5-4-6-15(11-14)19(28)25-9-10-26-21(24-2)27-13-16-12-17(29-3)7-8-18(16)30-20(22)23/h4-8,11-12,20H,9-10,13H2,1-3H3,(H,25,28)(H2,24,26,27). The number of alkyl halides is 2. The van der Waals surface area contributed by atoms with Gasteiger partial charge in [0, 0.05) is 37.8 Å². The number of ether oxygens (including phenoxy) is 2. The van der Waals surface area contributed by atoms with Gasteiger partial charge < -0.3 is 25.4 Å². The van der Waals surface area contributed by atoms with Gasteiger partial charge in [0.1, 0.15) is 11.5 Å². The second kappa shape index (κ2) is 11.6. The maximum Gasteiger partial charge on any atom is 0.387 e. The molecule has 0 aromatic heterocycles. The average molecular weight is 420 g/mol. The largest absolute Gasteiger partial charge is 0.497 e. The number of hydrogen-bond donors (Lipinski definition) is 3. The molecule has 0 fully saturated rings. The minimum absolute atomic E-state index is 0.0548. The van der Waals surface area contributed by atoms with Crippen molar-refractivity contribution in [3.63, 3.8) is 0 Å². The molecular formula is C21H26F2N4O3. The number of rotatable bonds is 9. The molecular weight excluding hydrogens is 394 g/mol. The number of carbonyl (C=O) groups excluding carboxylic acids is 1. The summed E-state index contributed by atoms with van der Waals surface area (Å²) in [6.45, 7) is -0.00305. The Morgan fingerprint density at radius 2 is 1.87 bits per heavy atom. The second-order valence-electron chi connectivity index (χ2n) is 6.33. The predicted octanol–water partition coefficient (Wildman–Crippen LogP) is 2.70. The summed E-state index contributed by atoms with van der Waals surface area (Å²) in [4.78, 5) is 16.2. The van der Waals surface area contributed by atoms with Crippen LogP contribution in [-0.2, 0) is 6.54 Å². The number of methoxy groups -OCH3 is 1. The third-order valence-corrected chi connectivity index (χ3v) is 4.14. The van der Waals surface area contributed by atoms with Gasteiger partial charge in [-0.05, 0) is 37.3 Å². The molecule has 0 aliphatic rings. The molecule has 0 saturated heterocycles. The number of halogens is 2. The third kappa shape index (κ3) is 7.23. The minimum Gasteiger partial charge on any atom is -0.497 e. The second-order valence-corrected chi connectivity index (χ2v) is 6.33. The molecule has 0 aliphatic heterocycles. The summed E-state index contributed by atoms with van der Waals surface area (Å²) >= 11 is 0. The Bertz CT molecular complexity index is 875. The van der Waals surface area contributed by atoms with Crippen molar-refractivity contribution in [3.05, 3.63) is 59.2 Å². The third-order valence-electron chi connectivity index (χ3n) is 4.14. The fraction of sp³-hybridized carbons (Fsp3) is 0.333. The molecule has 2 rings (SSSR count). The van der Waals surface area contributed by atoms with Gasteiger partial charge in [-0.15, -0.1) is 0 Å². The zero-order valence-electron chi connectivity index (χ0n) is 17.2. The lowest BCUT2D eigenvalue weighted by Gasteiger charge is -2.15. The first kappa shape index (κ1) is 22.9. The molecule has 0 radical (unpaired) electrons. The highest BCUT2D eigenvalue weighted by atomic mass is 19.3. The Kier molecular flexibility index (Phi) is 8.86. The lowest BCUT2D eigenvalue weighted by molar-refractivity contribution is -0.0505. The highest BCUT2D eigenvalue weighted by Gasteiger charge is 2.12. The van der Waals surface area contributed by atoms with E-state index in [-0.39, 0.29) is 18.2 Å². The molecule has 7 nitrogen and oxygen atoms in total. The van der Waals surface area contributed by atoms with Crippen molar-refractivity contribution in [2.24, 2.45) is 4.99 Å². The Hall–Kier alpha value is -3.36. The highest BCUT2D eigenvalue weighted by Crippen LogP contribution is 2.25. The van der Waals surface area contributed by atoms with Crippen LogP contribution in [0.3, 0.4) is 0 Å². The van der Waals surface area contributed by atoms with Crippen molar-refractivity contribution in [2.75, 3.05) is 27.2 Å². The van der Waals surface area contributed by atoms with Gasteiger partial charge in [-0.3, -0.25) is 9.79 Å². The molecule has 0 heterocycles. The van der Waals surface area contributed by atoms with Gasteiger partial charge in [-0.2, -0.15) is 8.78 Å². The number of carbonyl (C=O) groups is 1. The SMILES string of the molecule is CN=C(NCCNC(=O)c1cccc(C)c1)NCc1cc(OC)ccc1OC(F)F. The Morgan fingerprint density at radius 1 is 1.10 bits per heavy atom. The monoisotopic (exact) mass is 420 g/mol. The average Bonchev–Trinajstić information content (AvgIpc) is 2.73. The van der Waals surface area contributed by atoms with Crippen LogP contribution in [-0.4, -0.2) is 45.7 Å². The van der Waals surface area contributed by atoms with E-state index in [4.69, 9.17) is 4.74 Å². The van der Waals surface area contributed by atoms with Crippen LogP contribution in [0.25, 0.3) is 0 Å².